The van der Waals surface area contributed by atoms with Gasteiger partial charge in [-0.3, -0.25) is 4.79 Å². The van der Waals surface area contributed by atoms with Crippen molar-refractivity contribution >= 4 is 44.5 Å². The highest BCUT2D eigenvalue weighted by atomic mass is 79.9. The van der Waals surface area contributed by atoms with Gasteiger partial charge in [-0.1, -0.05) is 11.6 Å². The predicted octanol–water partition coefficient (Wildman–Crippen LogP) is 2.20. The van der Waals surface area contributed by atoms with Gasteiger partial charge in [-0.05, 0) is 22.0 Å². The van der Waals surface area contributed by atoms with Crippen molar-refractivity contribution in [1.29, 1.82) is 0 Å². The van der Waals surface area contributed by atoms with Gasteiger partial charge in [0.1, 0.15) is 0 Å². The molecule has 0 unspecified atom stereocenters. The molecule has 0 saturated carbocycles. The molecule has 2 aromatic rings. The molecule has 1 N–H and O–H groups in total. The van der Waals surface area contributed by atoms with E-state index in [9.17, 15) is 4.79 Å². The summed E-state index contributed by atoms with van der Waals surface area (Å²) in [4.78, 5) is 16.2. The zero-order chi connectivity index (χ0) is 11.3. The van der Waals surface area contributed by atoms with Crippen LogP contribution in [0.15, 0.2) is 16.9 Å². The van der Waals surface area contributed by atoms with Crippen molar-refractivity contribution in [3.05, 3.63) is 27.5 Å². The Morgan fingerprint density at radius 1 is 1.56 bits per heavy atom. The van der Waals surface area contributed by atoms with Crippen molar-refractivity contribution in [1.82, 2.24) is 14.9 Å². The lowest BCUT2D eigenvalue weighted by Crippen LogP contribution is -2.24. The third-order valence-electron chi connectivity index (χ3n) is 2.66. The number of carbonyl (C=O) groups is 1. The first kappa shape index (κ1) is 10.1. The smallest absolute Gasteiger partial charge is 0.255 e. The van der Waals surface area contributed by atoms with E-state index in [1.807, 2.05) is 10.6 Å². The number of halogens is 2. The summed E-state index contributed by atoms with van der Waals surface area (Å²) in [6.45, 7) is 1.31. The maximum Gasteiger partial charge on any atom is 0.255 e. The van der Waals surface area contributed by atoms with Crippen molar-refractivity contribution < 1.29 is 4.79 Å². The summed E-state index contributed by atoms with van der Waals surface area (Å²) in [6, 6.07) is 1.83. The minimum Gasteiger partial charge on any atom is -0.350 e. The molecule has 1 aliphatic rings. The number of amides is 1. The first-order valence-corrected chi connectivity index (χ1v) is 5.96. The van der Waals surface area contributed by atoms with Gasteiger partial charge in [0.25, 0.3) is 5.91 Å². The summed E-state index contributed by atoms with van der Waals surface area (Å²) < 4.78 is 2.64. The van der Waals surface area contributed by atoms with Crippen LogP contribution in [0.3, 0.4) is 0 Å². The number of rotatable bonds is 0. The molecular formula is C10H7BrClN3O. The molecule has 0 bridgehead atoms. The number of imidazole rings is 1. The molecule has 0 spiro atoms. The van der Waals surface area contributed by atoms with Gasteiger partial charge in [0.15, 0.2) is 0 Å². The monoisotopic (exact) mass is 299 g/mol. The van der Waals surface area contributed by atoms with Gasteiger partial charge in [-0.15, -0.1) is 0 Å². The average molecular weight is 301 g/mol. The first-order valence-electron chi connectivity index (χ1n) is 4.79. The van der Waals surface area contributed by atoms with Gasteiger partial charge in [-0.2, -0.15) is 0 Å². The Morgan fingerprint density at radius 3 is 3.19 bits per heavy atom. The van der Waals surface area contributed by atoms with Crippen molar-refractivity contribution in [2.75, 3.05) is 6.54 Å². The maximum atomic E-state index is 11.9. The lowest BCUT2D eigenvalue weighted by molar-refractivity contribution is 0.0957. The summed E-state index contributed by atoms with van der Waals surface area (Å²) in [5, 5.41) is 3.25. The molecule has 0 aliphatic carbocycles. The highest BCUT2D eigenvalue weighted by molar-refractivity contribution is 9.10. The van der Waals surface area contributed by atoms with Crippen LogP contribution in [0.25, 0.3) is 11.0 Å². The van der Waals surface area contributed by atoms with Crippen LogP contribution in [-0.4, -0.2) is 22.0 Å². The summed E-state index contributed by atoms with van der Waals surface area (Å²) >= 11 is 9.49. The molecule has 1 aromatic heterocycles. The molecule has 2 heterocycles. The predicted molar refractivity (Wildman–Crippen MR) is 64.8 cm³/mol. The Morgan fingerprint density at radius 2 is 2.38 bits per heavy atom. The van der Waals surface area contributed by atoms with Crippen LogP contribution in [0.4, 0.5) is 0 Å². The Hall–Kier alpha value is -1.07. The van der Waals surface area contributed by atoms with E-state index in [4.69, 9.17) is 11.6 Å². The zero-order valence-corrected chi connectivity index (χ0v) is 10.5. The second kappa shape index (κ2) is 3.46. The Bertz CT molecular complexity index is 608. The van der Waals surface area contributed by atoms with E-state index in [1.54, 1.807) is 6.33 Å². The fourth-order valence-corrected chi connectivity index (χ4v) is 2.58. The van der Waals surface area contributed by atoms with E-state index in [-0.39, 0.29) is 5.91 Å². The topological polar surface area (TPSA) is 46.9 Å². The van der Waals surface area contributed by atoms with Gasteiger partial charge in [0.05, 0.1) is 27.9 Å². The van der Waals surface area contributed by atoms with Gasteiger partial charge in [0, 0.05) is 17.6 Å². The summed E-state index contributed by atoms with van der Waals surface area (Å²) in [5.41, 5.74) is 2.09. The standard InChI is InChI=1S/C10H7BrClN3O/c11-5-3-6-9-7(8(5)12)10(16)13-1-2-15(9)4-14-6/h3-4H,1-2H2,(H,13,16). The number of nitrogens with zero attached hydrogens (tertiary/aromatic N) is 2. The van der Waals surface area contributed by atoms with Gasteiger partial charge >= 0.3 is 0 Å². The molecule has 4 nitrogen and oxygen atoms in total. The molecule has 82 valence electrons. The summed E-state index contributed by atoms with van der Waals surface area (Å²) in [7, 11) is 0. The van der Waals surface area contributed by atoms with E-state index in [0.717, 1.165) is 11.0 Å². The molecule has 3 rings (SSSR count). The van der Waals surface area contributed by atoms with Crippen LogP contribution in [0.5, 0.6) is 0 Å². The molecular weight excluding hydrogens is 293 g/mol. The SMILES string of the molecule is O=C1NCCn2cnc3cc(Br)c(Cl)c1c32. The van der Waals surface area contributed by atoms with Crippen LogP contribution >= 0.6 is 27.5 Å². The van der Waals surface area contributed by atoms with Crippen LogP contribution < -0.4 is 5.32 Å². The molecule has 0 saturated heterocycles. The number of nitrogens with one attached hydrogen (secondary N) is 1. The molecule has 0 fully saturated rings. The number of carbonyl (C=O) groups excluding carboxylic acids is 1. The minimum absolute atomic E-state index is 0.143. The fourth-order valence-electron chi connectivity index (χ4n) is 1.94. The number of aromatic nitrogens is 2. The van der Waals surface area contributed by atoms with E-state index in [1.165, 1.54) is 0 Å². The van der Waals surface area contributed by atoms with Crippen LogP contribution in [0.1, 0.15) is 10.4 Å². The van der Waals surface area contributed by atoms with Crippen molar-refractivity contribution in [2.24, 2.45) is 0 Å². The van der Waals surface area contributed by atoms with E-state index in [0.29, 0.717) is 28.1 Å². The minimum atomic E-state index is -0.143. The average Bonchev–Trinajstić information content (AvgIpc) is 2.55. The first-order chi connectivity index (χ1) is 7.68. The number of hydrogen-bond acceptors (Lipinski definition) is 2. The quantitative estimate of drug-likeness (QED) is 0.811. The van der Waals surface area contributed by atoms with Crippen molar-refractivity contribution in [3.8, 4) is 0 Å². The van der Waals surface area contributed by atoms with Crippen LogP contribution in [0, 0.1) is 0 Å². The highest BCUT2D eigenvalue weighted by Gasteiger charge is 2.22. The normalized spacial score (nSPS) is 15.0. The summed E-state index contributed by atoms with van der Waals surface area (Å²) in [5.74, 6) is -0.143. The zero-order valence-electron chi connectivity index (χ0n) is 8.13. The largest absolute Gasteiger partial charge is 0.350 e. The van der Waals surface area contributed by atoms with Gasteiger partial charge in [0.2, 0.25) is 0 Å². The molecule has 0 radical (unpaired) electrons. The highest BCUT2D eigenvalue weighted by Crippen LogP contribution is 2.33. The van der Waals surface area contributed by atoms with Gasteiger partial charge in [-0.25, -0.2) is 4.98 Å². The van der Waals surface area contributed by atoms with Crippen molar-refractivity contribution in [3.63, 3.8) is 0 Å². The number of hydrogen-bond donors (Lipinski definition) is 1. The lowest BCUT2D eigenvalue weighted by Gasteiger charge is -2.05. The van der Waals surface area contributed by atoms with Crippen LogP contribution in [-0.2, 0) is 6.54 Å². The second-order valence-electron chi connectivity index (χ2n) is 3.61. The lowest BCUT2D eigenvalue weighted by atomic mass is 10.1. The number of benzene rings is 1. The van der Waals surface area contributed by atoms with E-state index >= 15 is 0 Å². The second-order valence-corrected chi connectivity index (χ2v) is 4.84. The van der Waals surface area contributed by atoms with E-state index in [2.05, 4.69) is 26.2 Å². The summed E-state index contributed by atoms with van der Waals surface area (Å²) in [6.07, 6.45) is 1.73. The molecule has 0 atom stereocenters. The van der Waals surface area contributed by atoms with Crippen LogP contribution in [0.2, 0.25) is 5.02 Å². The van der Waals surface area contributed by atoms with E-state index < -0.39 is 0 Å². The molecule has 1 amide bonds. The Labute approximate surface area is 105 Å². The van der Waals surface area contributed by atoms with Crippen molar-refractivity contribution in [2.45, 2.75) is 6.54 Å². The van der Waals surface area contributed by atoms with Gasteiger partial charge < -0.3 is 9.88 Å². The third-order valence-corrected chi connectivity index (χ3v) is 3.91. The molecule has 6 heteroatoms. The maximum absolute atomic E-state index is 11.9. The molecule has 1 aromatic carbocycles. The molecule has 16 heavy (non-hydrogen) atoms. The fraction of sp³-hybridized carbons (Fsp3) is 0.200. The third kappa shape index (κ3) is 1.28. The Balaban J connectivity index is 2.50. The Kier molecular flexibility index (Phi) is 2.19. The molecule has 1 aliphatic heterocycles.